The molecule has 0 saturated carbocycles. The fourth-order valence-electron chi connectivity index (χ4n) is 5.89. The first-order valence-electron chi connectivity index (χ1n) is 14.6. The first-order chi connectivity index (χ1) is 19.1. The Balaban J connectivity index is 1.32. The summed E-state index contributed by atoms with van der Waals surface area (Å²) >= 11 is 0. The largest absolute Gasteiger partial charge is 0.444 e. The number of piperazine rings is 1. The lowest BCUT2D eigenvalue weighted by atomic mass is 9.84. The smallest absolute Gasteiger partial charge is 0.410 e. The van der Waals surface area contributed by atoms with Crippen LogP contribution in [0.2, 0.25) is 0 Å². The van der Waals surface area contributed by atoms with Gasteiger partial charge in [0.15, 0.2) is 0 Å². The average Bonchev–Trinajstić information content (AvgIpc) is 3.37. The Morgan fingerprint density at radius 2 is 1.77 bits per heavy atom. The quantitative estimate of drug-likeness (QED) is 0.420. The normalized spacial score (nSPS) is 18.5. The number of ether oxygens (including phenoxy) is 2. The zero-order valence-corrected chi connectivity index (χ0v) is 24.9. The molecular formula is C31H44N6O3. The van der Waals surface area contributed by atoms with Gasteiger partial charge in [-0.2, -0.15) is 5.10 Å². The lowest BCUT2D eigenvalue weighted by Crippen LogP contribution is -2.50. The zero-order chi connectivity index (χ0) is 28.5. The Bertz CT molecular complexity index is 1300. The van der Waals surface area contributed by atoms with Crippen molar-refractivity contribution in [2.75, 3.05) is 50.8 Å². The van der Waals surface area contributed by atoms with Gasteiger partial charge in [0.2, 0.25) is 0 Å². The topological polar surface area (TPSA) is 75.4 Å². The lowest BCUT2D eigenvalue weighted by Gasteiger charge is -2.43. The molecule has 2 aliphatic rings. The van der Waals surface area contributed by atoms with Crippen molar-refractivity contribution in [2.45, 2.75) is 71.6 Å². The molecule has 0 atom stereocenters. The van der Waals surface area contributed by atoms with E-state index < -0.39 is 5.60 Å². The molecule has 3 aromatic rings. The monoisotopic (exact) mass is 548 g/mol. The van der Waals surface area contributed by atoms with Crippen molar-refractivity contribution in [3.8, 4) is 11.3 Å². The van der Waals surface area contributed by atoms with E-state index in [1.807, 2.05) is 49.9 Å². The van der Waals surface area contributed by atoms with Gasteiger partial charge in [-0.25, -0.2) is 9.31 Å². The molecule has 5 rings (SSSR count). The van der Waals surface area contributed by atoms with Gasteiger partial charge in [-0.3, -0.25) is 4.98 Å². The number of aromatic nitrogens is 3. The van der Waals surface area contributed by atoms with Crippen LogP contribution < -0.4 is 4.90 Å². The van der Waals surface area contributed by atoms with E-state index in [1.54, 1.807) is 4.90 Å². The standard InChI is InChI=1S/C31H44N6O3/c1-7-39-31(11-14-34(15-12-31)23(2)3)25-8-9-26(32-21-25)24-20-28-27(10-13-33-37(28)22-24)35-16-18-36(19-17-35)29(38)40-30(4,5)6/h8-10,13,20-23H,7,11-12,14-19H2,1-6H3. The second-order valence-corrected chi connectivity index (χ2v) is 12.2. The Morgan fingerprint density at radius 1 is 1.05 bits per heavy atom. The van der Waals surface area contributed by atoms with E-state index in [-0.39, 0.29) is 11.7 Å². The summed E-state index contributed by atoms with van der Waals surface area (Å²) in [6.45, 7) is 17.8. The number of carbonyl (C=O) groups excluding carboxylic acids is 1. The van der Waals surface area contributed by atoms with Crippen molar-refractivity contribution < 1.29 is 14.3 Å². The SMILES string of the molecule is CCOC1(c2ccc(-c3cc4c(N5CCN(C(=O)OC(C)(C)C)CC5)ccnn4c3)nc2)CCN(C(C)C)CC1. The van der Waals surface area contributed by atoms with Crippen LogP contribution in [0.3, 0.4) is 0 Å². The highest BCUT2D eigenvalue weighted by Gasteiger charge is 2.38. The highest BCUT2D eigenvalue weighted by Crippen LogP contribution is 2.38. The minimum Gasteiger partial charge on any atom is -0.444 e. The molecule has 0 N–H and O–H groups in total. The van der Waals surface area contributed by atoms with E-state index in [0.29, 0.717) is 25.7 Å². The van der Waals surface area contributed by atoms with Gasteiger partial charge in [0.1, 0.15) is 5.60 Å². The van der Waals surface area contributed by atoms with E-state index in [4.69, 9.17) is 14.5 Å². The summed E-state index contributed by atoms with van der Waals surface area (Å²) in [5.74, 6) is 0. The third kappa shape index (κ3) is 5.95. The van der Waals surface area contributed by atoms with Crippen LogP contribution in [0.25, 0.3) is 16.8 Å². The van der Waals surface area contributed by atoms with Gasteiger partial charge < -0.3 is 24.2 Å². The summed E-state index contributed by atoms with van der Waals surface area (Å²) in [5, 5.41) is 4.57. The average molecular weight is 549 g/mol. The zero-order valence-electron chi connectivity index (χ0n) is 24.9. The second-order valence-electron chi connectivity index (χ2n) is 12.2. The fourth-order valence-corrected chi connectivity index (χ4v) is 5.89. The molecule has 9 nitrogen and oxygen atoms in total. The van der Waals surface area contributed by atoms with Crippen molar-refractivity contribution in [1.82, 2.24) is 24.4 Å². The molecule has 0 aliphatic carbocycles. The van der Waals surface area contributed by atoms with Crippen molar-refractivity contribution in [3.63, 3.8) is 0 Å². The number of piperidine rings is 1. The molecule has 1 amide bonds. The van der Waals surface area contributed by atoms with Crippen molar-refractivity contribution in [2.24, 2.45) is 0 Å². The first-order valence-corrected chi connectivity index (χ1v) is 14.6. The van der Waals surface area contributed by atoms with Crippen molar-refractivity contribution >= 4 is 17.3 Å². The molecule has 40 heavy (non-hydrogen) atoms. The number of fused-ring (bicyclic) bond motifs is 1. The summed E-state index contributed by atoms with van der Waals surface area (Å²) in [7, 11) is 0. The van der Waals surface area contributed by atoms with Gasteiger partial charge in [0.05, 0.1) is 22.5 Å². The molecule has 2 aliphatic heterocycles. The molecule has 0 spiro atoms. The summed E-state index contributed by atoms with van der Waals surface area (Å²) in [5.41, 5.74) is 4.48. The number of rotatable bonds is 6. The Hall–Kier alpha value is -3.17. The highest BCUT2D eigenvalue weighted by molar-refractivity contribution is 5.79. The number of nitrogens with zero attached hydrogens (tertiary/aromatic N) is 6. The van der Waals surface area contributed by atoms with Gasteiger partial charge in [-0.15, -0.1) is 0 Å². The van der Waals surface area contributed by atoms with Gasteiger partial charge in [-0.05, 0) is 72.6 Å². The van der Waals surface area contributed by atoms with Crippen LogP contribution in [-0.2, 0) is 15.1 Å². The summed E-state index contributed by atoms with van der Waals surface area (Å²) in [6.07, 6.45) is 7.58. The molecule has 2 saturated heterocycles. The van der Waals surface area contributed by atoms with Gasteiger partial charge >= 0.3 is 6.09 Å². The van der Waals surface area contributed by atoms with E-state index >= 15 is 0 Å². The Morgan fingerprint density at radius 3 is 2.38 bits per heavy atom. The van der Waals surface area contributed by atoms with E-state index in [0.717, 1.165) is 67.0 Å². The van der Waals surface area contributed by atoms with Gasteiger partial charge in [-0.1, -0.05) is 6.07 Å². The van der Waals surface area contributed by atoms with Crippen molar-refractivity contribution in [3.05, 3.63) is 48.4 Å². The third-order valence-corrected chi connectivity index (χ3v) is 8.10. The van der Waals surface area contributed by atoms with Crippen LogP contribution in [0.1, 0.15) is 59.9 Å². The predicted octanol–water partition coefficient (Wildman–Crippen LogP) is 5.19. The second kappa shape index (κ2) is 11.4. The van der Waals surface area contributed by atoms with E-state index in [2.05, 4.69) is 53.9 Å². The maximum absolute atomic E-state index is 12.5. The fraction of sp³-hybridized carbons (Fsp3) is 0.581. The lowest BCUT2D eigenvalue weighted by molar-refractivity contribution is -0.0888. The minimum absolute atomic E-state index is 0.247. The molecule has 0 bridgehead atoms. The highest BCUT2D eigenvalue weighted by atomic mass is 16.6. The number of hydrogen-bond acceptors (Lipinski definition) is 7. The molecular weight excluding hydrogens is 504 g/mol. The van der Waals surface area contributed by atoms with Gasteiger partial charge in [0.25, 0.3) is 0 Å². The van der Waals surface area contributed by atoms with Crippen molar-refractivity contribution in [1.29, 1.82) is 0 Å². The minimum atomic E-state index is -0.491. The van der Waals surface area contributed by atoms with Crippen LogP contribution in [0.5, 0.6) is 0 Å². The number of pyridine rings is 1. The third-order valence-electron chi connectivity index (χ3n) is 8.10. The summed E-state index contributed by atoms with van der Waals surface area (Å²) in [4.78, 5) is 24.0. The molecule has 0 aromatic carbocycles. The number of likely N-dealkylation sites (tertiary alicyclic amines) is 1. The maximum atomic E-state index is 12.5. The van der Waals surface area contributed by atoms with Crippen LogP contribution >= 0.6 is 0 Å². The number of hydrogen-bond donors (Lipinski definition) is 0. The maximum Gasteiger partial charge on any atom is 0.410 e. The number of carbonyl (C=O) groups is 1. The van der Waals surface area contributed by atoms with Crippen LogP contribution in [0.4, 0.5) is 10.5 Å². The molecule has 216 valence electrons. The van der Waals surface area contributed by atoms with Crippen LogP contribution in [0.15, 0.2) is 42.9 Å². The summed E-state index contributed by atoms with van der Waals surface area (Å²) in [6, 6.07) is 9.06. The molecule has 5 heterocycles. The predicted molar refractivity (Wildman–Crippen MR) is 158 cm³/mol. The molecule has 0 unspecified atom stereocenters. The molecule has 9 heteroatoms. The van der Waals surface area contributed by atoms with Crippen LogP contribution in [-0.4, -0.2) is 88.0 Å². The number of amides is 1. The Labute approximate surface area is 238 Å². The van der Waals surface area contributed by atoms with E-state index in [9.17, 15) is 4.79 Å². The molecule has 0 radical (unpaired) electrons. The van der Waals surface area contributed by atoms with Gasteiger partial charge in [0, 0.05) is 81.6 Å². The molecule has 2 fully saturated rings. The van der Waals surface area contributed by atoms with Crippen LogP contribution in [0, 0.1) is 0 Å². The first kappa shape index (κ1) is 28.4. The number of anilines is 1. The summed E-state index contributed by atoms with van der Waals surface area (Å²) < 4.78 is 13.9. The van der Waals surface area contributed by atoms with E-state index in [1.165, 1.54) is 0 Å². The Kier molecular flexibility index (Phi) is 8.06. The molecule has 3 aromatic heterocycles.